The van der Waals surface area contributed by atoms with E-state index in [1.807, 2.05) is 36.7 Å². The highest BCUT2D eigenvalue weighted by Gasteiger charge is 2.14. The molecule has 0 spiro atoms. The van der Waals surface area contributed by atoms with Crippen molar-refractivity contribution >= 4 is 57.4 Å². The summed E-state index contributed by atoms with van der Waals surface area (Å²) in [5.41, 5.74) is 3.91. The van der Waals surface area contributed by atoms with Crippen LogP contribution in [-0.4, -0.2) is 27.2 Å². The van der Waals surface area contributed by atoms with Crippen molar-refractivity contribution in [2.45, 2.75) is 6.92 Å². The number of carbonyl (C=O) groups is 2. The monoisotopic (exact) mass is 510 g/mol. The number of hydrogen-bond acceptors (Lipinski definition) is 3. The molecule has 0 unspecified atom stereocenters. The van der Waals surface area contributed by atoms with Crippen molar-refractivity contribution in [2.75, 3.05) is 16.5 Å². The van der Waals surface area contributed by atoms with Gasteiger partial charge in [-0.05, 0) is 55.0 Å². The van der Waals surface area contributed by atoms with Gasteiger partial charge in [0.15, 0.2) is 0 Å². The maximum atomic E-state index is 14.5. The van der Waals surface area contributed by atoms with Crippen LogP contribution in [0.4, 0.5) is 15.8 Å². The third-order valence-electron chi connectivity index (χ3n) is 5.47. The van der Waals surface area contributed by atoms with Gasteiger partial charge in [0, 0.05) is 35.8 Å². The minimum absolute atomic E-state index is 0.0393. The van der Waals surface area contributed by atoms with Crippen LogP contribution < -0.4 is 10.6 Å². The Bertz CT molecular complexity index is 1480. The average Bonchev–Trinajstić information content (AvgIpc) is 3.11. The highest BCUT2D eigenvalue weighted by molar-refractivity contribution is 6.34. The van der Waals surface area contributed by atoms with E-state index in [9.17, 15) is 14.0 Å². The first-order chi connectivity index (χ1) is 16.8. The van der Waals surface area contributed by atoms with Crippen LogP contribution in [0.15, 0.2) is 66.7 Å². The summed E-state index contributed by atoms with van der Waals surface area (Å²) < 4.78 is 16.4. The molecule has 3 aromatic carbocycles. The van der Waals surface area contributed by atoms with Gasteiger partial charge in [0.05, 0.1) is 21.7 Å². The Morgan fingerprint density at radius 1 is 1.11 bits per heavy atom. The molecule has 6 nitrogen and oxygen atoms in total. The van der Waals surface area contributed by atoms with E-state index in [0.29, 0.717) is 10.7 Å². The molecule has 0 bridgehead atoms. The number of aromatic nitrogens is 2. The van der Waals surface area contributed by atoms with Gasteiger partial charge in [-0.15, -0.1) is 11.6 Å². The van der Waals surface area contributed by atoms with Gasteiger partial charge >= 0.3 is 0 Å². The number of imidazole rings is 1. The van der Waals surface area contributed by atoms with Gasteiger partial charge in [0.2, 0.25) is 5.91 Å². The number of nitrogens with one attached hydrogen (secondary N) is 2. The van der Waals surface area contributed by atoms with Gasteiger partial charge in [-0.3, -0.25) is 9.59 Å². The zero-order chi connectivity index (χ0) is 25.1. The highest BCUT2D eigenvalue weighted by atomic mass is 35.5. The smallest absolute Gasteiger partial charge is 0.255 e. The Morgan fingerprint density at radius 2 is 1.91 bits per heavy atom. The minimum Gasteiger partial charge on any atom is -0.331 e. The molecule has 0 atom stereocenters. The first-order valence-corrected chi connectivity index (χ1v) is 11.6. The molecule has 4 aromatic rings. The Hall–Kier alpha value is -3.68. The van der Waals surface area contributed by atoms with Gasteiger partial charge in [-0.2, -0.15) is 0 Å². The number of rotatable bonds is 6. The normalized spacial score (nSPS) is 11.2. The first kappa shape index (κ1) is 24.4. The average molecular weight is 511 g/mol. The second kappa shape index (κ2) is 10.3. The molecule has 0 fully saturated rings. The van der Waals surface area contributed by atoms with E-state index in [2.05, 4.69) is 15.6 Å². The van der Waals surface area contributed by atoms with Gasteiger partial charge in [0.25, 0.3) is 5.91 Å². The van der Waals surface area contributed by atoms with Gasteiger partial charge in [-0.25, -0.2) is 9.37 Å². The number of halogens is 3. The van der Waals surface area contributed by atoms with Crippen LogP contribution in [0.25, 0.3) is 22.2 Å². The Morgan fingerprint density at radius 3 is 2.66 bits per heavy atom. The van der Waals surface area contributed by atoms with Gasteiger partial charge < -0.3 is 15.2 Å². The molecule has 4 rings (SSSR count). The van der Waals surface area contributed by atoms with Crippen molar-refractivity contribution < 1.29 is 14.0 Å². The van der Waals surface area contributed by atoms with E-state index in [-0.39, 0.29) is 17.1 Å². The lowest BCUT2D eigenvalue weighted by atomic mass is 10.0. The molecule has 0 radical (unpaired) electrons. The van der Waals surface area contributed by atoms with Gasteiger partial charge in [-0.1, -0.05) is 29.8 Å². The van der Waals surface area contributed by atoms with E-state index >= 15 is 0 Å². The fourth-order valence-electron chi connectivity index (χ4n) is 3.61. The Labute approximate surface area is 211 Å². The van der Waals surface area contributed by atoms with Crippen molar-refractivity contribution in [3.8, 4) is 11.1 Å². The lowest BCUT2D eigenvalue weighted by Gasteiger charge is -2.10. The van der Waals surface area contributed by atoms with Crippen LogP contribution >= 0.6 is 23.2 Å². The van der Waals surface area contributed by atoms with E-state index in [1.54, 1.807) is 18.2 Å². The molecule has 0 aliphatic rings. The number of carbonyl (C=O) groups excluding carboxylic acids is 2. The second-order valence-corrected chi connectivity index (χ2v) is 8.53. The van der Waals surface area contributed by atoms with Crippen molar-refractivity contribution in [3.05, 3.63) is 89.0 Å². The van der Waals surface area contributed by atoms with Crippen molar-refractivity contribution in [3.63, 3.8) is 0 Å². The number of allylic oxidation sites excluding steroid dienone is 1. The summed E-state index contributed by atoms with van der Waals surface area (Å²) in [5.74, 6) is -0.706. The fourth-order valence-corrected chi connectivity index (χ4v) is 3.96. The lowest BCUT2D eigenvalue weighted by molar-refractivity contribution is -0.111. The third-order valence-corrected chi connectivity index (χ3v) is 5.96. The predicted octanol–water partition coefficient (Wildman–Crippen LogP) is 6.33. The number of aryl methyl sites for hydroxylation is 2. The molecule has 1 heterocycles. The van der Waals surface area contributed by atoms with E-state index < -0.39 is 17.6 Å². The van der Waals surface area contributed by atoms with Crippen molar-refractivity contribution in [2.24, 2.45) is 7.05 Å². The maximum absolute atomic E-state index is 14.5. The minimum atomic E-state index is -0.732. The Balaban J connectivity index is 1.54. The predicted molar refractivity (Wildman–Crippen MR) is 139 cm³/mol. The summed E-state index contributed by atoms with van der Waals surface area (Å²) in [6, 6.07) is 14.8. The summed E-state index contributed by atoms with van der Waals surface area (Å²) in [6.07, 6.45) is 2.65. The van der Waals surface area contributed by atoms with Gasteiger partial charge in [0.1, 0.15) is 11.6 Å². The van der Waals surface area contributed by atoms with E-state index in [1.165, 1.54) is 24.3 Å². The largest absolute Gasteiger partial charge is 0.331 e. The molecule has 0 saturated carbocycles. The molecule has 0 aliphatic carbocycles. The fraction of sp³-hybridized carbons (Fsp3) is 0.115. The van der Waals surface area contributed by atoms with Crippen molar-refractivity contribution in [1.82, 2.24) is 9.55 Å². The number of fused-ring (bicyclic) bond motifs is 1. The lowest BCUT2D eigenvalue weighted by Crippen LogP contribution is -2.14. The number of amides is 2. The number of nitrogens with zero attached hydrogens (tertiary/aromatic N) is 2. The Kier molecular flexibility index (Phi) is 7.19. The third kappa shape index (κ3) is 5.37. The second-order valence-electron chi connectivity index (χ2n) is 7.81. The quantitative estimate of drug-likeness (QED) is 0.235. The molecule has 9 heteroatoms. The topological polar surface area (TPSA) is 76.0 Å². The van der Waals surface area contributed by atoms with Crippen LogP contribution in [0.2, 0.25) is 5.02 Å². The zero-order valence-electron chi connectivity index (χ0n) is 18.9. The van der Waals surface area contributed by atoms with Crippen LogP contribution in [0.1, 0.15) is 16.2 Å². The molecule has 0 aliphatic heterocycles. The molecular formula is C26H21Cl2FN4O2. The molecule has 178 valence electrons. The highest BCUT2D eigenvalue weighted by Crippen LogP contribution is 2.33. The summed E-state index contributed by atoms with van der Waals surface area (Å²) in [6.45, 7) is 1.92. The molecule has 2 N–H and O–H groups in total. The van der Waals surface area contributed by atoms with E-state index in [0.717, 1.165) is 34.1 Å². The number of alkyl halides is 1. The summed E-state index contributed by atoms with van der Waals surface area (Å²) in [7, 11) is 1.93. The van der Waals surface area contributed by atoms with E-state index in [4.69, 9.17) is 23.2 Å². The first-order valence-electron chi connectivity index (χ1n) is 10.6. The molecule has 35 heavy (non-hydrogen) atoms. The SMILES string of the molecule is Cc1nc2cc(-c3cccc(NC(=O)c4ccc(NC(=O)C=CCCl)c(F)c4)c3)c(Cl)cc2n1C. The summed E-state index contributed by atoms with van der Waals surface area (Å²) in [4.78, 5) is 29.0. The summed E-state index contributed by atoms with van der Waals surface area (Å²) >= 11 is 12.0. The van der Waals surface area contributed by atoms with Crippen LogP contribution in [0.3, 0.4) is 0 Å². The number of hydrogen-bond donors (Lipinski definition) is 2. The number of benzene rings is 3. The molecule has 2 amide bonds. The molecule has 0 saturated heterocycles. The molecule has 1 aromatic heterocycles. The van der Waals surface area contributed by atoms with Crippen LogP contribution in [-0.2, 0) is 11.8 Å². The standard InChI is InChI=1S/C26H21Cl2FN4O2/c1-15-30-23-13-19(20(28)14-24(23)33(15)2)16-5-3-6-18(11-16)31-26(35)17-8-9-22(21(29)12-17)32-25(34)7-4-10-27/h3-9,11-14H,10H2,1-2H3,(H,31,35)(H,32,34). The van der Waals surface area contributed by atoms with Crippen LogP contribution in [0.5, 0.6) is 0 Å². The maximum Gasteiger partial charge on any atom is 0.255 e. The molecular weight excluding hydrogens is 490 g/mol. The zero-order valence-corrected chi connectivity index (χ0v) is 20.4. The summed E-state index contributed by atoms with van der Waals surface area (Å²) in [5, 5.41) is 5.73. The van der Waals surface area contributed by atoms with Crippen molar-refractivity contribution in [1.29, 1.82) is 0 Å². The van der Waals surface area contributed by atoms with Crippen LogP contribution in [0, 0.1) is 12.7 Å². The number of anilines is 2.